The number of hydrogen-bond acceptors (Lipinski definition) is 7. The largest absolute Gasteiger partial charge is 0.726 e. The Balaban J connectivity index is 1.65. The summed E-state index contributed by atoms with van der Waals surface area (Å²) in [7, 11) is 1.15. The molecule has 0 aliphatic rings. The summed E-state index contributed by atoms with van der Waals surface area (Å²) >= 11 is 0. The van der Waals surface area contributed by atoms with Crippen molar-refractivity contribution in [2.75, 3.05) is 25.1 Å². The molecule has 3 rings (SSSR count). The van der Waals surface area contributed by atoms with Gasteiger partial charge in [0.25, 0.3) is 0 Å². The van der Waals surface area contributed by atoms with Crippen molar-refractivity contribution < 1.29 is 21.7 Å². The maximum atomic E-state index is 10.4. The minimum absolute atomic E-state index is 0.134. The summed E-state index contributed by atoms with van der Waals surface area (Å²) in [5.41, 5.74) is 3.81. The average Bonchev–Trinajstić information content (AvgIpc) is 2.94. The van der Waals surface area contributed by atoms with Crippen LogP contribution in [0.1, 0.15) is 6.42 Å². The molecule has 0 radical (unpaired) electrons. The Kier molecular flexibility index (Phi) is 6.26. The molecule has 154 valence electrons. The number of fused-ring (bicyclic) bond motifs is 1. The van der Waals surface area contributed by atoms with Gasteiger partial charge in [0.05, 0.1) is 20.7 Å². The third-order valence-corrected chi connectivity index (χ3v) is 5.07. The standard InChI is InChI=1S/C19H23N5O4S/c1-22(13-6-14-28-29(25,26)27)16-11-9-15(10-12-16)20-21-19-23(2)17-7-4-5-8-18(17)24(19)3/h4-5,7-12H,6,13-14H2,1-3H3. The monoisotopic (exact) mass is 417 g/mol. The molecule has 0 saturated heterocycles. The molecule has 9 nitrogen and oxygen atoms in total. The molecule has 10 heteroatoms. The first-order valence-electron chi connectivity index (χ1n) is 9.03. The van der Waals surface area contributed by atoms with Crippen LogP contribution >= 0.6 is 0 Å². The van der Waals surface area contributed by atoms with E-state index in [2.05, 4.69) is 14.4 Å². The zero-order valence-corrected chi connectivity index (χ0v) is 17.3. The van der Waals surface area contributed by atoms with Crippen LogP contribution in [-0.2, 0) is 28.7 Å². The smallest absolute Gasteiger partial charge is 0.422 e. The lowest BCUT2D eigenvalue weighted by atomic mass is 10.2. The number of azo groups is 1. The van der Waals surface area contributed by atoms with Crippen molar-refractivity contribution in [3.8, 4) is 0 Å². The van der Waals surface area contributed by atoms with Crippen molar-refractivity contribution in [1.29, 1.82) is 0 Å². The maximum absolute atomic E-state index is 10.4. The quantitative estimate of drug-likeness (QED) is 0.184. The Morgan fingerprint density at radius 2 is 1.83 bits per heavy atom. The second kappa shape index (κ2) is 8.68. The van der Waals surface area contributed by atoms with E-state index in [0.717, 1.165) is 22.7 Å². The second-order valence-corrected chi connectivity index (χ2v) is 7.68. The van der Waals surface area contributed by atoms with Crippen molar-refractivity contribution in [1.82, 2.24) is 4.57 Å². The van der Waals surface area contributed by atoms with Gasteiger partial charge >= 0.3 is 5.95 Å². The van der Waals surface area contributed by atoms with E-state index in [9.17, 15) is 13.0 Å². The normalized spacial score (nSPS) is 12.1. The lowest BCUT2D eigenvalue weighted by Crippen LogP contribution is -2.26. The highest BCUT2D eigenvalue weighted by Crippen LogP contribution is 2.23. The van der Waals surface area contributed by atoms with Crippen LogP contribution in [0, 0.1) is 0 Å². The van der Waals surface area contributed by atoms with Gasteiger partial charge < -0.3 is 9.45 Å². The number of aromatic nitrogens is 2. The minimum atomic E-state index is -4.63. The third kappa shape index (κ3) is 5.17. The van der Waals surface area contributed by atoms with Crippen LogP contribution in [-0.4, -0.2) is 37.7 Å². The van der Waals surface area contributed by atoms with E-state index in [1.165, 1.54) is 0 Å². The minimum Gasteiger partial charge on any atom is -0.726 e. The summed E-state index contributed by atoms with van der Waals surface area (Å²) in [6.07, 6.45) is 0.414. The molecular weight excluding hydrogens is 394 g/mol. The van der Waals surface area contributed by atoms with Gasteiger partial charge in [0.1, 0.15) is 16.7 Å². The highest BCUT2D eigenvalue weighted by Gasteiger charge is 2.18. The zero-order chi connectivity index (χ0) is 21.0. The highest BCUT2D eigenvalue weighted by molar-refractivity contribution is 7.80. The van der Waals surface area contributed by atoms with Gasteiger partial charge in [-0.05, 0) is 42.8 Å². The number of benzene rings is 2. The van der Waals surface area contributed by atoms with Crippen LogP contribution in [0.2, 0.25) is 0 Å². The number of aryl methyl sites for hydroxylation is 2. The molecule has 2 aromatic carbocycles. The number of anilines is 1. The average molecular weight is 417 g/mol. The molecule has 0 aliphatic heterocycles. The molecule has 0 aliphatic carbocycles. The molecule has 0 atom stereocenters. The van der Waals surface area contributed by atoms with Crippen molar-refractivity contribution in [2.24, 2.45) is 24.3 Å². The summed E-state index contributed by atoms with van der Waals surface area (Å²) in [5.74, 6) is 0.737. The number of imidazole rings is 1. The third-order valence-electron chi connectivity index (χ3n) is 4.62. The van der Waals surface area contributed by atoms with Crippen LogP contribution in [0.5, 0.6) is 0 Å². The Labute approximate surface area is 169 Å². The number of para-hydroxylation sites is 2. The van der Waals surface area contributed by atoms with Gasteiger partial charge in [-0.3, -0.25) is 4.18 Å². The Morgan fingerprint density at radius 1 is 1.14 bits per heavy atom. The fourth-order valence-corrected chi connectivity index (χ4v) is 3.40. The van der Waals surface area contributed by atoms with E-state index in [1.807, 2.05) is 83.7 Å². The summed E-state index contributed by atoms with van der Waals surface area (Å²) in [5, 5.41) is 8.74. The Morgan fingerprint density at radius 3 is 2.48 bits per heavy atom. The molecule has 29 heavy (non-hydrogen) atoms. The van der Waals surface area contributed by atoms with Crippen LogP contribution in [0.25, 0.3) is 11.0 Å². The summed E-state index contributed by atoms with van der Waals surface area (Å²) < 4.78 is 39.5. The van der Waals surface area contributed by atoms with Gasteiger partial charge in [-0.15, -0.1) is 0 Å². The predicted octanol–water partition coefficient (Wildman–Crippen LogP) is 2.72. The van der Waals surface area contributed by atoms with Gasteiger partial charge in [0.2, 0.25) is 10.4 Å². The lowest BCUT2D eigenvalue weighted by Gasteiger charge is -2.19. The van der Waals surface area contributed by atoms with Gasteiger partial charge in [-0.25, -0.2) is 17.6 Å². The van der Waals surface area contributed by atoms with Crippen LogP contribution in [0.15, 0.2) is 58.8 Å². The fraction of sp³-hybridized carbons (Fsp3) is 0.316. The number of rotatable bonds is 8. The predicted molar refractivity (Wildman–Crippen MR) is 108 cm³/mol. The number of hydrogen-bond donors (Lipinski definition) is 0. The summed E-state index contributed by atoms with van der Waals surface area (Å²) in [4.78, 5) is 1.94. The molecule has 3 aromatic rings. The number of nitrogens with zero attached hydrogens (tertiary/aromatic N) is 5. The van der Waals surface area contributed by atoms with Gasteiger partial charge in [-0.2, -0.15) is 0 Å². The summed E-state index contributed by atoms with van der Waals surface area (Å²) in [6.45, 7) is 0.409. The van der Waals surface area contributed by atoms with E-state index in [0.29, 0.717) is 18.7 Å². The fourth-order valence-electron chi connectivity index (χ4n) is 3.07. The second-order valence-electron chi connectivity index (χ2n) is 6.63. The van der Waals surface area contributed by atoms with Crippen LogP contribution in [0.3, 0.4) is 0 Å². The topological polar surface area (TPSA) is 103 Å². The van der Waals surface area contributed by atoms with E-state index < -0.39 is 10.4 Å². The maximum Gasteiger partial charge on any atom is 0.422 e. The molecule has 0 N–H and O–H groups in total. The Bertz CT molecular complexity index is 1080. The molecule has 0 fully saturated rings. The van der Waals surface area contributed by atoms with E-state index in [1.54, 1.807) is 0 Å². The van der Waals surface area contributed by atoms with E-state index in [-0.39, 0.29) is 6.61 Å². The molecule has 0 saturated carbocycles. The molecule has 1 aromatic heterocycles. The van der Waals surface area contributed by atoms with E-state index >= 15 is 0 Å². The molecule has 1 heterocycles. The van der Waals surface area contributed by atoms with Crippen LogP contribution < -0.4 is 9.47 Å². The van der Waals surface area contributed by atoms with Crippen molar-refractivity contribution in [2.45, 2.75) is 6.42 Å². The zero-order valence-electron chi connectivity index (χ0n) is 16.5. The van der Waals surface area contributed by atoms with Gasteiger partial charge in [0.15, 0.2) is 0 Å². The Hall–Kier alpha value is -2.82. The molecule has 0 spiro atoms. The summed E-state index contributed by atoms with van der Waals surface area (Å²) in [6, 6.07) is 15.6. The van der Waals surface area contributed by atoms with Crippen molar-refractivity contribution >= 4 is 38.8 Å². The van der Waals surface area contributed by atoms with Gasteiger partial charge in [-0.1, -0.05) is 17.2 Å². The van der Waals surface area contributed by atoms with E-state index in [4.69, 9.17) is 0 Å². The molecule has 0 bridgehead atoms. The van der Waals surface area contributed by atoms with Gasteiger partial charge in [0, 0.05) is 24.4 Å². The van der Waals surface area contributed by atoms with Crippen LogP contribution in [0.4, 0.5) is 17.3 Å². The molecule has 0 unspecified atom stereocenters. The molecule has 0 amide bonds. The SMILES string of the molecule is CN(CCCOS(=O)(=O)[O-])c1ccc(N=Nc2n(C)c3ccccc3[n+]2C)cc1. The molecular formula is C19H23N5O4S. The highest BCUT2D eigenvalue weighted by atomic mass is 32.3. The first-order valence-corrected chi connectivity index (χ1v) is 10.4. The lowest BCUT2D eigenvalue weighted by molar-refractivity contribution is -0.632. The first kappa shape index (κ1) is 20.9. The van der Waals surface area contributed by atoms with Crippen molar-refractivity contribution in [3.63, 3.8) is 0 Å². The first-order chi connectivity index (χ1) is 13.8. The van der Waals surface area contributed by atoms with Crippen molar-refractivity contribution in [3.05, 3.63) is 48.5 Å².